The van der Waals surface area contributed by atoms with Crippen LogP contribution in [0.3, 0.4) is 0 Å². The second-order valence-corrected chi connectivity index (χ2v) is 7.54. The van der Waals surface area contributed by atoms with E-state index in [9.17, 15) is 9.18 Å². The number of aromatic nitrogens is 2. The van der Waals surface area contributed by atoms with Crippen molar-refractivity contribution in [3.8, 4) is 0 Å². The lowest BCUT2D eigenvalue weighted by Gasteiger charge is -2.38. The lowest BCUT2D eigenvalue weighted by molar-refractivity contribution is -0.127. The third-order valence-corrected chi connectivity index (χ3v) is 5.76. The topological polar surface area (TPSA) is 66.5 Å². The molecule has 0 saturated carbocycles. The molecule has 0 radical (unpaired) electrons. The maximum absolute atomic E-state index is 13.6. The Kier molecular flexibility index (Phi) is 4.54. The first-order valence-corrected chi connectivity index (χ1v) is 9.95. The molecule has 5 rings (SSSR count). The molecule has 1 amide bonds. The molecule has 0 spiro atoms. The van der Waals surface area contributed by atoms with Crippen LogP contribution in [0.1, 0.15) is 18.5 Å². The van der Waals surface area contributed by atoms with Gasteiger partial charge in [0.05, 0.1) is 24.3 Å². The zero-order valence-electron chi connectivity index (χ0n) is 16.6. The van der Waals surface area contributed by atoms with Gasteiger partial charge in [-0.1, -0.05) is 0 Å². The maximum atomic E-state index is 13.6. The van der Waals surface area contributed by atoms with Crippen LogP contribution >= 0.6 is 0 Å². The van der Waals surface area contributed by atoms with E-state index >= 15 is 0 Å². The Morgan fingerprint density at radius 3 is 2.60 bits per heavy atom. The van der Waals surface area contributed by atoms with Gasteiger partial charge in [0.1, 0.15) is 17.7 Å². The van der Waals surface area contributed by atoms with E-state index in [4.69, 9.17) is 4.42 Å². The molecule has 1 unspecified atom stereocenters. The van der Waals surface area contributed by atoms with E-state index in [1.807, 2.05) is 28.6 Å². The number of fused-ring (bicyclic) bond motifs is 1. The molecule has 7 nitrogen and oxygen atoms in total. The van der Waals surface area contributed by atoms with Crippen molar-refractivity contribution in [2.75, 3.05) is 36.4 Å². The molecule has 0 bridgehead atoms. The summed E-state index contributed by atoms with van der Waals surface area (Å²) in [6.45, 7) is 4.50. The van der Waals surface area contributed by atoms with Gasteiger partial charge in [0.2, 0.25) is 0 Å². The first-order valence-electron chi connectivity index (χ1n) is 9.95. The summed E-state index contributed by atoms with van der Waals surface area (Å²) in [6.07, 6.45) is 4.99. The summed E-state index contributed by atoms with van der Waals surface area (Å²) in [5.74, 6) is 0.588. The van der Waals surface area contributed by atoms with Crippen LogP contribution in [0, 0.1) is 5.82 Å². The number of nitrogens with one attached hydrogen (secondary N) is 1. The van der Waals surface area contributed by atoms with Gasteiger partial charge in [0.15, 0.2) is 0 Å². The van der Waals surface area contributed by atoms with Crippen LogP contribution in [0.25, 0.3) is 0 Å². The molecule has 1 saturated heterocycles. The van der Waals surface area contributed by atoms with Crippen molar-refractivity contribution in [1.29, 1.82) is 0 Å². The van der Waals surface area contributed by atoms with E-state index in [1.165, 1.54) is 12.1 Å². The van der Waals surface area contributed by atoms with Gasteiger partial charge in [-0.25, -0.2) is 9.07 Å². The number of hydrogen-bond acceptors (Lipinski definition) is 5. The standard InChI is InChI=1S/C22H22FN5O2/c1-15-20(21(16-7-13-30-14-16)28-19(25-15)6-8-24-28)22(29)27-11-9-26(10-12-27)18-4-2-17(23)3-5-18/h2-8,13-14,21,25H,9-12H2,1H3. The smallest absolute Gasteiger partial charge is 0.254 e. The minimum atomic E-state index is -0.336. The fraction of sp³-hybridized carbons (Fsp3) is 0.273. The number of furan rings is 1. The van der Waals surface area contributed by atoms with Crippen LogP contribution in [0.2, 0.25) is 0 Å². The van der Waals surface area contributed by atoms with Gasteiger partial charge in [-0.15, -0.1) is 0 Å². The molecule has 1 N–H and O–H groups in total. The maximum Gasteiger partial charge on any atom is 0.254 e. The lowest BCUT2D eigenvalue weighted by Crippen LogP contribution is -2.50. The molecule has 4 heterocycles. The SMILES string of the molecule is CC1=C(C(=O)N2CCN(c3ccc(F)cc3)CC2)C(c2ccoc2)n2nccc2N1. The number of piperazine rings is 1. The molecule has 2 aromatic heterocycles. The first kappa shape index (κ1) is 18.5. The van der Waals surface area contributed by atoms with Crippen molar-refractivity contribution < 1.29 is 13.6 Å². The Morgan fingerprint density at radius 1 is 1.13 bits per heavy atom. The average molecular weight is 407 g/mol. The molecule has 1 atom stereocenters. The quantitative estimate of drug-likeness (QED) is 0.722. The predicted molar refractivity (Wildman–Crippen MR) is 111 cm³/mol. The van der Waals surface area contributed by atoms with Gasteiger partial charge in [0, 0.05) is 49.2 Å². The van der Waals surface area contributed by atoms with Crippen molar-refractivity contribution in [3.63, 3.8) is 0 Å². The van der Waals surface area contributed by atoms with Gasteiger partial charge in [-0.05, 0) is 37.3 Å². The minimum absolute atomic E-state index is 0.00824. The van der Waals surface area contributed by atoms with E-state index in [1.54, 1.807) is 30.9 Å². The molecule has 2 aliphatic rings. The Morgan fingerprint density at radius 2 is 1.90 bits per heavy atom. The van der Waals surface area contributed by atoms with E-state index in [0.29, 0.717) is 31.8 Å². The number of hydrogen-bond donors (Lipinski definition) is 1. The molecule has 154 valence electrons. The van der Waals surface area contributed by atoms with Crippen LogP contribution in [-0.2, 0) is 4.79 Å². The van der Waals surface area contributed by atoms with Crippen LogP contribution in [0.15, 0.2) is 70.8 Å². The summed E-state index contributed by atoms with van der Waals surface area (Å²) >= 11 is 0. The Balaban J connectivity index is 1.38. The van der Waals surface area contributed by atoms with Gasteiger partial charge >= 0.3 is 0 Å². The number of halogens is 1. The largest absolute Gasteiger partial charge is 0.472 e. The summed E-state index contributed by atoms with van der Waals surface area (Å²) in [4.78, 5) is 17.6. The second-order valence-electron chi connectivity index (χ2n) is 7.54. The Labute approximate surface area is 173 Å². The summed E-state index contributed by atoms with van der Waals surface area (Å²) in [5.41, 5.74) is 3.34. The van der Waals surface area contributed by atoms with Crippen molar-refractivity contribution in [3.05, 3.63) is 77.8 Å². The van der Waals surface area contributed by atoms with Crippen molar-refractivity contribution in [1.82, 2.24) is 14.7 Å². The summed E-state index contributed by atoms with van der Waals surface area (Å²) in [5, 5.41) is 7.73. The molecule has 3 aromatic rings. The summed E-state index contributed by atoms with van der Waals surface area (Å²) in [7, 11) is 0. The number of carbonyl (C=O) groups excluding carboxylic acids is 1. The summed E-state index contributed by atoms with van der Waals surface area (Å²) in [6, 6.07) is 9.90. The fourth-order valence-electron chi connectivity index (χ4n) is 4.21. The van der Waals surface area contributed by atoms with Gasteiger partial charge < -0.3 is 19.5 Å². The number of allylic oxidation sites excluding steroid dienone is 1. The van der Waals surface area contributed by atoms with Crippen LogP contribution in [-0.4, -0.2) is 46.8 Å². The van der Waals surface area contributed by atoms with E-state index in [-0.39, 0.29) is 17.8 Å². The highest BCUT2D eigenvalue weighted by molar-refractivity contribution is 5.97. The highest BCUT2D eigenvalue weighted by Gasteiger charge is 2.36. The van der Waals surface area contributed by atoms with Gasteiger partial charge in [0.25, 0.3) is 5.91 Å². The number of benzene rings is 1. The highest BCUT2D eigenvalue weighted by Crippen LogP contribution is 2.36. The zero-order valence-corrected chi connectivity index (χ0v) is 16.6. The molecule has 1 aromatic carbocycles. The van der Waals surface area contributed by atoms with Crippen LogP contribution in [0.4, 0.5) is 15.9 Å². The monoisotopic (exact) mass is 407 g/mol. The Bertz CT molecular complexity index is 1080. The van der Waals surface area contributed by atoms with Crippen molar-refractivity contribution >= 4 is 17.4 Å². The fourth-order valence-corrected chi connectivity index (χ4v) is 4.21. The third kappa shape index (κ3) is 3.14. The van der Waals surface area contributed by atoms with Gasteiger partial charge in [-0.2, -0.15) is 5.10 Å². The molecule has 8 heteroatoms. The van der Waals surface area contributed by atoms with Crippen molar-refractivity contribution in [2.45, 2.75) is 13.0 Å². The molecular formula is C22H22FN5O2. The number of nitrogens with zero attached hydrogens (tertiary/aromatic N) is 4. The molecule has 30 heavy (non-hydrogen) atoms. The first-order chi connectivity index (χ1) is 14.6. The van der Waals surface area contributed by atoms with Crippen LogP contribution < -0.4 is 10.2 Å². The predicted octanol–water partition coefficient (Wildman–Crippen LogP) is 3.25. The lowest BCUT2D eigenvalue weighted by atomic mass is 9.96. The molecule has 1 fully saturated rings. The minimum Gasteiger partial charge on any atom is -0.472 e. The molecular weight excluding hydrogens is 385 g/mol. The average Bonchev–Trinajstić information content (AvgIpc) is 3.45. The number of amides is 1. The second kappa shape index (κ2) is 7.37. The van der Waals surface area contributed by atoms with E-state index < -0.39 is 0 Å². The summed E-state index contributed by atoms with van der Waals surface area (Å²) < 4.78 is 20.3. The van der Waals surface area contributed by atoms with E-state index in [2.05, 4.69) is 15.3 Å². The highest BCUT2D eigenvalue weighted by atomic mass is 19.1. The zero-order chi connectivity index (χ0) is 20.7. The van der Waals surface area contributed by atoms with Crippen LogP contribution in [0.5, 0.6) is 0 Å². The molecule has 0 aliphatic carbocycles. The molecule has 2 aliphatic heterocycles. The van der Waals surface area contributed by atoms with Crippen molar-refractivity contribution in [2.24, 2.45) is 0 Å². The normalized spacial score (nSPS) is 18.9. The number of anilines is 2. The number of rotatable bonds is 3. The van der Waals surface area contributed by atoms with E-state index in [0.717, 1.165) is 22.8 Å². The third-order valence-electron chi connectivity index (χ3n) is 5.76. The van der Waals surface area contributed by atoms with Gasteiger partial charge in [-0.3, -0.25) is 4.79 Å². The number of carbonyl (C=O) groups is 1. The Hall–Kier alpha value is -3.55.